The summed E-state index contributed by atoms with van der Waals surface area (Å²) in [6, 6.07) is 4.06. The van der Waals surface area contributed by atoms with Gasteiger partial charge in [0.1, 0.15) is 5.75 Å². The van der Waals surface area contributed by atoms with Gasteiger partial charge in [0.05, 0.1) is 17.0 Å². The molecule has 0 spiro atoms. The number of aryl methyl sites for hydroxylation is 1. The van der Waals surface area contributed by atoms with Crippen LogP contribution >= 0.6 is 11.3 Å². The highest BCUT2D eigenvalue weighted by Crippen LogP contribution is 2.37. The third-order valence-corrected chi connectivity index (χ3v) is 3.23. The second-order valence-corrected chi connectivity index (χ2v) is 4.09. The van der Waals surface area contributed by atoms with Gasteiger partial charge in [-0.25, -0.2) is 0 Å². The van der Waals surface area contributed by atoms with Crippen molar-refractivity contribution in [3.63, 3.8) is 0 Å². The zero-order valence-electron chi connectivity index (χ0n) is 8.33. The molecule has 2 aromatic rings. The average Bonchev–Trinajstić information content (AvgIpc) is 2.54. The van der Waals surface area contributed by atoms with Crippen LogP contribution in [-0.2, 0) is 0 Å². The van der Waals surface area contributed by atoms with Crippen LogP contribution in [0.15, 0.2) is 17.5 Å². The molecule has 0 amide bonds. The fourth-order valence-corrected chi connectivity index (χ4v) is 2.59. The van der Waals surface area contributed by atoms with Crippen LogP contribution in [0.2, 0.25) is 0 Å². The first-order valence-corrected chi connectivity index (χ1v) is 5.51. The average molecular weight is 207 g/mol. The number of hydrogen-bond donors (Lipinski definition) is 1. The lowest BCUT2D eigenvalue weighted by atomic mass is 10.1. The van der Waals surface area contributed by atoms with Crippen LogP contribution in [0.3, 0.4) is 0 Å². The van der Waals surface area contributed by atoms with Crippen LogP contribution in [-0.4, -0.2) is 6.61 Å². The minimum absolute atomic E-state index is 0.690. The van der Waals surface area contributed by atoms with Crippen molar-refractivity contribution in [2.45, 2.75) is 13.8 Å². The van der Waals surface area contributed by atoms with Crippen LogP contribution in [0.25, 0.3) is 10.1 Å². The van der Waals surface area contributed by atoms with E-state index in [1.54, 1.807) is 11.3 Å². The smallest absolute Gasteiger partial charge is 0.137 e. The third kappa shape index (κ3) is 1.34. The highest BCUT2D eigenvalue weighted by molar-refractivity contribution is 7.18. The molecular formula is C11H13NOS. The minimum atomic E-state index is 0.690. The normalized spacial score (nSPS) is 10.7. The van der Waals surface area contributed by atoms with Crippen molar-refractivity contribution in [1.82, 2.24) is 0 Å². The predicted octanol–water partition coefficient (Wildman–Crippen LogP) is 3.19. The summed E-state index contributed by atoms with van der Waals surface area (Å²) in [5.41, 5.74) is 7.96. The quantitative estimate of drug-likeness (QED) is 0.820. The number of fused-ring (bicyclic) bond motifs is 1. The third-order valence-electron chi connectivity index (χ3n) is 2.22. The first kappa shape index (κ1) is 9.34. The molecule has 0 aliphatic heterocycles. The topological polar surface area (TPSA) is 35.2 Å². The van der Waals surface area contributed by atoms with Gasteiger partial charge in [-0.3, -0.25) is 0 Å². The number of benzene rings is 1. The van der Waals surface area contributed by atoms with Gasteiger partial charge >= 0.3 is 0 Å². The fourth-order valence-electron chi connectivity index (χ4n) is 1.59. The molecule has 14 heavy (non-hydrogen) atoms. The molecule has 0 unspecified atom stereocenters. The second-order valence-electron chi connectivity index (χ2n) is 3.21. The Morgan fingerprint density at radius 3 is 2.93 bits per heavy atom. The molecule has 0 atom stereocenters. The first-order chi connectivity index (χ1) is 6.74. The van der Waals surface area contributed by atoms with E-state index < -0.39 is 0 Å². The number of nitrogen functional groups attached to an aromatic ring is 1. The second kappa shape index (κ2) is 3.50. The van der Waals surface area contributed by atoms with Crippen LogP contribution < -0.4 is 10.5 Å². The first-order valence-electron chi connectivity index (χ1n) is 4.63. The summed E-state index contributed by atoms with van der Waals surface area (Å²) in [7, 11) is 0. The Hall–Kier alpha value is -1.22. The molecule has 2 rings (SSSR count). The van der Waals surface area contributed by atoms with E-state index >= 15 is 0 Å². The number of anilines is 1. The fraction of sp³-hybridized carbons (Fsp3) is 0.273. The number of ether oxygens (including phenoxy) is 1. The molecule has 0 aliphatic carbocycles. The molecule has 1 aromatic heterocycles. The SMILES string of the molecule is CCOc1ccc(C)c2c(N)csc12. The van der Waals surface area contributed by atoms with Gasteiger partial charge < -0.3 is 10.5 Å². The van der Waals surface area contributed by atoms with Gasteiger partial charge in [-0.15, -0.1) is 11.3 Å². The summed E-state index contributed by atoms with van der Waals surface area (Å²) in [6.45, 7) is 4.75. The zero-order valence-corrected chi connectivity index (χ0v) is 9.15. The van der Waals surface area contributed by atoms with E-state index in [2.05, 4.69) is 13.0 Å². The van der Waals surface area contributed by atoms with Gasteiger partial charge in [-0.2, -0.15) is 0 Å². The van der Waals surface area contributed by atoms with Crippen molar-refractivity contribution in [2.24, 2.45) is 0 Å². The lowest BCUT2D eigenvalue weighted by Gasteiger charge is -2.05. The molecule has 1 heterocycles. The van der Waals surface area contributed by atoms with Crippen molar-refractivity contribution in [1.29, 1.82) is 0 Å². The number of nitrogens with two attached hydrogens (primary N) is 1. The Morgan fingerprint density at radius 2 is 2.21 bits per heavy atom. The van der Waals surface area contributed by atoms with E-state index in [9.17, 15) is 0 Å². The van der Waals surface area contributed by atoms with Crippen LogP contribution in [0.1, 0.15) is 12.5 Å². The molecule has 0 aliphatic rings. The predicted molar refractivity (Wildman–Crippen MR) is 62.1 cm³/mol. The van der Waals surface area contributed by atoms with E-state index in [0.717, 1.165) is 21.5 Å². The monoisotopic (exact) mass is 207 g/mol. The molecular weight excluding hydrogens is 194 g/mol. The van der Waals surface area contributed by atoms with E-state index in [-0.39, 0.29) is 0 Å². The van der Waals surface area contributed by atoms with E-state index in [1.165, 1.54) is 5.56 Å². The highest BCUT2D eigenvalue weighted by Gasteiger charge is 2.08. The molecule has 0 radical (unpaired) electrons. The van der Waals surface area contributed by atoms with Crippen molar-refractivity contribution in [3.05, 3.63) is 23.1 Å². The van der Waals surface area contributed by atoms with E-state index in [1.807, 2.05) is 18.4 Å². The molecule has 0 bridgehead atoms. The lowest BCUT2D eigenvalue weighted by molar-refractivity contribution is 0.345. The van der Waals surface area contributed by atoms with Crippen molar-refractivity contribution in [2.75, 3.05) is 12.3 Å². The van der Waals surface area contributed by atoms with Crippen molar-refractivity contribution < 1.29 is 4.74 Å². The van der Waals surface area contributed by atoms with Gasteiger partial charge in [0.15, 0.2) is 0 Å². The number of thiophene rings is 1. The maximum absolute atomic E-state index is 5.90. The molecule has 3 heteroatoms. The molecule has 2 nitrogen and oxygen atoms in total. The summed E-state index contributed by atoms with van der Waals surface area (Å²) in [6.07, 6.45) is 0. The number of rotatable bonds is 2. The van der Waals surface area contributed by atoms with E-state index in [0.29, 0.717) is 6.61 Å². The van der Waals surface area contributed by atoms with Gasteiger partial charge in [-0.1, -0.05) is 6.07 Å². The maximum atomic E-state index is 5.90. The molecule has 0 saturated carbocycles. The standard InChI is InChI=1S/C11H13NOS/c1-3-13-9-5-4-7(2)10-8(12)6-14-11(9)10/h4-6H,3,12H2,1-2H3. The van der Waals surface area contributed by atoms with Crippen LogP contribution in [0.5, 0.6) is 5.75 Å². The Labute approximate surface area is 87.3 Å². The summed E-state index contributed by atoms with van der Waals surface area (Å²) in [5.74, 6) is 0.940. The summed E-state index contributed by atoms with van der Waals surface area (Å²) < 4.78 is 6.70. The largest absolute Gasteiger partial charge is 0.492 e. The Bertz CT molecular complexity index is 462. The van der Waals surface area contributed by atoms with Gasteiger partial charge in [0.2, 0.25) is 0 Å². The summed E-state index contributed by atoms with van der Waals surface area (Å²) in [4.78, 5) is 0. The maximum Gasteiger partial charge on any atom is 0.137 e. The van der Waals surface area contributed by atoms with Gasteiger partial charge in [0, 0.05) is 10.8 Å². The Kier molecular flexibility index (Phi) is 2.33. The van der Waals surface area contributed by atoms with Gasteiger partial charge in [-0.05, 0) is 25.5 Å². The molecule has 74 valence electrons. The van der Waals surface area contributed by atoms with Crippen molar-refractivity contribution >= 4 is 27.1 Å². The molecule has 1 aromatic carbocycles. The highest BCUT2D eigenvalue weighted by atomic mass is 32.1. The summed E-state index contributed by atoms with van der Waals surface area (Å²) >= 11 is 1.64. The van der Waals surface area contributed by atoms with Crippen molar-refractivity contribution in [3.8, 4) is 5.75 Å². The van der Waals surface area contributed by atoms with E-state index in [4.69, 9.17) is 10.5 Å². The minimum Gasteiger partial charge on any atom is -0.492 e. The molecule has 0 saturated heterocycles. The molecule has 0 fully saturated rings. The Morgan fingerprint density at radius 1 is 1.43 bits per heavy atom. The van der Waals surface area contributed by atoms with Crippen LogP contribution in [0, 0.1) is 6.92 Å². The van der Waals surface area contributed by atoms with Crippen LogP contribution in [0.4, 0.5) is 5.69 Å². The summed E-state index contributed by atoms with van der Waals surface area (Å²) in [5, 5.41) is 3.11. The van der Waals surface area contributed by atoms with Gasteiger partial charge in [0.25, 0.3) is 0 Å². The lowest BCUT2D eigenvalue weighted by Crippen LogP contribution is -1.92. The number of hydrogen-bond acceptors (Lipinski definition) is 3. The zero-order chi connectivity index (χ0) is 10.1. The molecule has 2 N–H and O–H groups in total. The Balaban J connectivity index is 2.70.